The molecule has 0 aliphatic carbocycles. The molecule has 6 heteroatoms. The van der Waals surface area contributed by atoms with Crippen molar-refractivity contribution in [1.82, 2.24) is 10.2 Å². The Bertz CT molecular complexity index is 528. The number of halogens is 1. The van der Waals surface area contributed by atoms with Gasteiger partial charge in [-0.25, -0.2) is 0 Å². The molecule has 136 valence electrons. The zero-order chi connectivity index (χ0) is 16.7. The van der Waals surface area contributed by atoms with Crippen molar-refractivity contribution in [3.63, 3.8) is 0 Å². The van der Waals surface area contributed by atoms with Crippen molar-refractivity contribution in [2.45, 2.75) is 20.3 Å². The fourth-order valence-corrected chi connectivity index (χ4v) is 2.99. The second kappa shape index (κ2) is 10.8. The molecule has 1 heterocycles. The van der Waals surface area contributed by atoms with Crippen LogP contribution in [-0.4, -0.2) is 64.3 Å². The molecular weight excluding hydrogens is 415 g/mol. The van der Waals surface area contributed by atoms with Crippen LogP contribution in [0.4, 0.5) is 5.69 Å². The van der Waals surface area contributed by atoms with Crippen LogP contribution in [0.15, 0.2) is 23.2 Å². The van der Waals surface area contributed by atoms with Crippen LogP contribution in [0.1, 0.15) is 17.5 Å². The summed E-state index contributed by atoms with van der Waals surface area (Å²) in [4.78, 5) is 9.24. The number of ether oxygens (including phenoxy) is 1. The second-order valence-electron chi connectivity index (χ2n) is 6.01. The number of anilines is 1. The van der Waals surface area contributed by atoms with Crippen molar-refractivity contribution in [3.05, 3.63) is 29.3 Å². The van der Waals surface area contributed by atoms with Crippen molar-refractivity contribution in [3.8, 4) is 0 Å². The van der Waals surface area contributed by atoms with Gasteiger partial charge in [-0.3, -0.25) is 4.99 Å². The fraction of sp³-hybridized carbons (Fsp3) is 0.611. The van der Waals surface area contributed by atoms with E-state index in [4.69, 9.17) is 4.74 Å². The van der Waals surface area contributed by atoms with Gasteiger partial charge in [0.1, 0.15) is 0 Å². The first-order valence-electron chi connectivity index (χ1n) is 8.43. The molecule has 1 aliphatic rings. The van der Waals surface area contributed by atoms with Crippen LogP contribution in [0.2, 0.25) is 0 Å². The third-order valence-corrected chi connectivity index (χ3v) is 4.52. The van der Waals surface area contributed by atoms with Gasteiger partial charge < -0.3 is 19.9 Å². The Morgan fingerprint density at radius 2 is 1.92 bits per heavy atom. The largest absolute Gasteiger partial charge is 0.385 e. The van der Waals surface area contributed by atoms with E-state index in [2.05, 4.69) is 52.2 Å². The predicted octanol–water partition coefficient (Wildman–Crippen LogP) is 2.66. The van der Waals surface area contributed by atoms with Gasteiger partial charge in [0.05, 0.1) is 0 Å². The van der Waals surface area contributed by atoms with Crippen LogP contribution in [0.5, 0.6) is 0 Å². The maximum Gasteiger partial charge on any atom is 0.193 e. The summed E-state index contributed by atoms with van der Waals surface area (Å²) < 4.78 is 5.09. The second-order valence-corrected chi connectivity index (χ2v) is 6.01. The first-order valence-corrected chi connectivity index (χ1v) is 8.43. The predicted molar refractivity (Wildman–Crippen MR) is 113 cm³/mol. The normalized spacial score (nSPS) is 15.2. The number of methoxy groups -OCH3 is 1. The molecule has 0 radical (unpaired) electrons. The molecule has 5 nitrogen and oxygen atoms in total. The highest BCUT2D eigenvalue weighted by molar-refractivity contribution is 14.0. The van der Waals surface area contributed by atoms with Crippen LogP contribution in [0.25, 0.3) is 0 Å². The minimum absolute atomic E-state index is 0. The van der Waals surface area contributed by atoms with E-state index in [0.717, 1.165) is 51.7 Å². The molecule has 24 heavy (non-hydrogen) atoms. The van der Waals surface area contributed by atoms with Gasteiger partial charge in [0.15, 0.2) is 5.96 Å². The molecule has 1 aliphatic heterocycles. The minimum Gasteiger partial charge on any atom is -0.385 e. The summed E-state index contributed by atoms with van der Waals surface area (Å²) in [7, 11) is 3.59. The highest BCUT2D eigenvalue weighted by atomic mass is 127. The van der Waals surface area contributed by atoms with E-state index in [-0.39, 0.29) is 24.0 Å². The quantitative estimate of drug-likeness (QED) is 0.327. The number of rotatable bonds is 5. The van der Waals surface area contributed by atoms with Gasteiger partial charge in [0.2, 0.25) is 0 Å². The number of aliphatic imine (C=N–C) groups is 1. The topological polar surface area (TPSA) is 40.1 Å². The van der Waals surface area contributed by atoms with Gasteiger partial charge in [-0.05, 0) is 37.5 Å². The number of piperazine rings is 1. The number of nitrogens with one attached hydrogen (secondary N) is 1. The number of hydrogen-bond donors (Lipinski definition) is 1. The van der Waals surface area contributed by atoms with Crippen molar-refractivity contribution < 1.29 is 4.74 Å². The number of nitrogens with zero attached hydrogens (tertiary/aromatic N) is 3. The first-order chi connectivity index (χ1) is 11.2. The molecule has 1 aromatic carbocycles. The van der Waals surface area contributed by atoms with Gasteiger partial charge in [-0.2, -0.15) is 0 Å². The average Bonchev–Trinajstić information content (AvgIpc) is 2.58. The maximum absolute atomic E-state index is 5.09. The van der Waals surface area contributed by atoms with E-state index >= 15 is 0 Å². The third-order valence-electron chi connectivity index (χ3n) is 4.52. The maximum atomic E-state index is 5.09. The van der Waals surface area contributed by atoms with Crippen molar-refractivity contribution >= 4 is 35.6 Å². The molecule has 1 fully saturated rings. The lowest BCUT2D eigenvalue weighted by atomic mass is 10.1. The van der Waals surface area contributed by atoms with Crippen LogP contribution < -0.4 is 10.2 Å². The third kappa shape index (κ3) is 5.51. The summed E-state index contributed by atoms with van der Waals surface area (Å²) >= 11 is 0. The molecule has 0 atom stereocenters. The zero-order valence-electron chi connectivity index (χ0n) is 15.3. The Kier molecular flexibility index (Phi) is 9.43. The fourth-order valence-electron chi connectivity index (χ4n) is 2.99. The van der Waals surface area contributed by atoms with Gasteiger partial charge in [0.25, 0.3) is 0 Å². The number of benzene rings is 1. The molecule has 0 saturated carbocycles. The van der Waals surface area contributed by atoms with Gasteiger partial charge in [-0.15, -0.1) is 24.0 Å². The molecule has 1 saturated heterocycles. The lowest BCUT2D eigenvalue weighted by Gasteiger charge is -2.38. The van der Waals surface area contributed by atoms with Gasteiger partial charge in [0, 0.05) is 59.2 Å². The Morgan fingerprint density at radius 1 is 1.21 bits per heavy atom. The van der Waals surface area contributed by atoms with E-state index in [9.17, 15) is 0 Å². The summed E-state index contributed by atoms with van der Waals surface area (Å²) in [6.07, 6.45) is 0.998. The van der Waals surface area contributed by atoms with Crippen molar-refractivity contribution in [2.24, 2.45) is 4.99 Å². The Balaban J connectivity index is 0.00000288. The molecule has 0 aromatic heterocycles. The van der Waals surface area contributed by atoms with Crippen LogP contribution >= 0.6 is 24.0 Å². The lowest BCUT2D eigenvalue weighted by molar-refractivity contribution is 0.195. The highest BCUT2D eigenvalue weighted by Gasteiger charge is 2.20. The number of aryl methyl sites for hydroxylation is 1. The Morgan fingerprint density at radius 3 is 2.54 bits per heavy atom. The monoisotopic (exact) mass is 446 g/mol. The standard InChI is InChI=1S/C18H30N4O.HI/c1-15-7-5-8-17(16(15)2)21-10-12-22(13-11-21)18(19-3)20-9-6-14-23-4;/h5,7-8H,6,9-14H2,1-4H3,(H,19,20);1H. The summed E-state index contributed by atoms with van der Waals surface area (Å²) in [5, 5.41) is 3.43. The lowest BCUT2D eigenvalue weighted by Crippen LogP contribution is -2.52. The number of hydrogen-bond acceptors (Lipinski definition) is 3. The molecule has 2 rings (SSSR count). The Labute approximate surface area is 163 Å². The number of guanidine groups is 1. The summed E-state index contributed by atoms with van der Waals surface area (Å²) in [5.74, 6) is 1.00. The van der Waals surface area contributed by atoms with E-state index in [1.807, 2.05) is 7.05 Å². The van der Waals surface area contributed by atoms with Crippen molar-refractivity contribution in [2.75, 3.05) is 58.4 Å². The van der Waals surface area contributed by atoms with Gasteiger partial charge >= 0.3 is 0 Å². The molecule has 0 amide bonds. The highest BCUT2D eigenvalue weighted by Crippen LogP contribution is 2.23. The van der Waals surface area contributed by atoms with Crippen LogP contribution in [0.3, 0.4) is 0 Å². The molecule has 0 unspecified atom stereocenters. The van der Waals surface area contributed by atoms with E-state index in [0.29, 0.717) is 0 Å². The summed E-state index contributed by atoms with van der Waals surface area (Å²) in [6, 6.07) is 6.57. The van der Waals surface area contributed by atoms with Crippen molar-refractivity contribution in [1.29, 1.82) is 0 Å². The average molecular weight is 446 g/mol. The summed E-state index contributed by atoms with van der Waals surface area (Å²) in [6.45, 7) is 10.1. The molecule has 0 bridgehead atoms. The first kappa shape index (κ1) is 21.0. The molecule has 1 N–H and O–H groups in total. The van der Waals surface area contributed by atoms with E-state index < -0.39 is 0 Å². The molecule has 0 spiro atoms. The SMILES string of the molecule is CN=C(NCCCOC)N1CCN(c2cccc(C)c2C)CC1.I. The van der Waals surface area contributed by atoms with Crippen LogP contribution in [-0.2, 0) is 4.74 Å². The van der Waals surface area contributed by atoms with Gasteiger partial charge in [-0.1, -0.05) is 12.1 Å². The van der Waals surface area contributed by atoms with Crippen LogP contribution in [0, 0.1) is 13.8 Å². The summed E-state index contributed by atoms with van der Waals surface area (Å²) in [5.41, 5.74) is 4.12. The van der Waals surface area contributed by atoms with E-state index in [1.165, 1.54) is 16.8 Å². The van der Waals surface area contributed by atoms with E-state index in [1.54, 1.807) is 7.11 Å². The molecule has 1 aromatic rings. The minimum atomic E-state index is 0. The molecular formula is C18H31IN4O. The zero-order valence-corrected chi connectivity index (χ0v) is 17.7. The Hall–Kier alpha value is -1.02. The smallest absolute Gasteiger partial charge is 0.193 e.